The highest BCUT2D eigenvalue weighted by Gasteiger charge is 2.25. The first kappa shape index (κ1) is 10.7. The molecule has 1 aliphatic heterocycles. The van der Waals surface area contributed by atoms with Crippen LogP contribution in [-0.2, 0) is 16.2 Å². The number of hydrogen-bond donors (Lipinski definition) is 0. The third-order valence-electron chi connectivity index (χ3n) is 2.65. The fourth-order valence-corrected chi connectivity index (χ4v) is 1.71. The predicted octanol–water partition coefficient (Wildman–Crippen LogP) is -0.546. The van der Waals surface area contributed by atoms with Gasteiger partial charge in [-0.3, -0.25) is 4.68 Å². The highest BCUT2D eigenvalue weighted by atomic mass is 16.7. The molecule has 1 aromatic rings. The zero-order chi connectivity index (χ0) is 11.7. The molecular formula is C10H12N3O3-. The van der Waals surface area contributed by atoms with Crippen LogP contribution in [0.5, 0.6) is 0 Å². The molecule has 0 saturated carbocycles. The molecule has 6 nitrogen and oxygen atoms in total. The van der Waals surface area contributed by atoms with E-state index in [1.807, 2.05) is 18.5 Å². The molecule has 0 spiro atoms. The number of carboxylic acid groups (broad SMARTS) is 1. The van der Waals surface area contributed by atoms with Gasteiger partial charge in [-0.2, -0.15) is 5.10 Å². The summed E-state index contributed by atoms with van der Waals surface area (Å²) in [5.41, 5.74) is 2.42. The number of carboxylic acids is 1. The lowest BCUT2D eigenvalue weighted by Crippen LogP contribution is -2.35. The first-order chi connectivity index (χ1) is 7.63. The maximum atomic E-state index is 10.6. The van der Waals surface area contributed by atoms with Crippen molar-refractivity contribution in [3.05, 3.63) is 17.5 Å². The van der Waals surface area contributed by atoms with Gasteiger partial charge in [-0.1, -0.05) is 5.16 Å². The van der Waals surface area contributed by atoms with E-state index in [1.54, 1.807) is 6.20 Å². The van der Waals surface area contributed by atoms with E-state index in [0.29, 0.717) is 5.71 Å². The first-order valence-electron chi connectivity index (χ1n) is 5.09. The van der Waals surface area contributed by atoms with Crippen molar-refractivity contribution in [3.63, 3.8) is 0 Å². The molecule has 1 aromatic heterocycles. The highest BCUT2D eigenvalue weighted by Crippen LogP contribution is 2.18. The molecule has 0 saturated heterocycles. The Kier molecular flexibility index (Phi) is 2.64. The van der Waals surface area contributed by atoms with Gasteiger partial charge in [-0.25, -0.2) is 0 Å². The van der Waals surface area contributed by atoms with Gasteiger partial charge in [0, 0.05) is 24.2 Å². The number of oxime groups is 1. The van der Waals surface area contributed by atoms with Crippen LogP contribution >= 0.6 is 0 Å². The van der Waals surface area contributed by atoms with E-state index in [9.17, 15) is 9.90 Å². The average Bonchev–Trinajstić information content (AvgIpc) is 2.83. The van der Waals surface area contributed by atoms with Gasteiger partial charge in [0.05, 0.1) is 17.9 Å². The average molecular weight is 222 g/mol. The van der Waals surface area contributed by atoms with Crippen molar-refractivity contribution in [1.82, 2.24) is 9.78 Å². The predicted molar refractivity (Wildman–Crippen MR) is 53.7 cm³/mol. The van der Waals surface area contributed by atoms with E-state index >= 15 is 0 Å². The fourth-order valence-electron chi connectivity index (χ4n) is 1.71. The summed E-state index contributed by atoms with van der Waals surface area (Å²) in [5.74, 6) is -1.24. The van der Waals surface area contributed by atoms with Gasteiger partial charge in [0.25, 0.3) is 0 Å². The summed E-state index contributed by atoms with van der Waals surface area (Å²) in [6, 6.07) is 0. The molecule has 0 aromatic carbocycles. The van der Waals surface area contributed by atoms with Gasteiger partial charge >= 0.3 is 0 Å². The zero-order valence-electron chi connectivity index (χ0n) is 9.14. The van der Waals surface area contributed by atoms with Crippen molar-refractivity contribution < 1.29 is 14.7 Å². The molecule has 0 aliphatic carbocycles. The summed E-state index contributed by atoms with van der Waals surface area (Å²) in [7, 11) is 0. The Bertz CT molecular complexity index is 450. The summed E-state index contributed by atoms with van der Waals surface area (Å²) in [4.78, 5) is 15.4. The molecule has 16 heavy (non-hydrogen) atoms. The van der Waals surface area contributed by atoms with E-state index in [1.165, 1.54) is 0 Å². The molecule has 0 unspecified atom stereocenters. The first-order valence-corrected chi connectivity index (χ1v) is 5.09. The van der Waals surface area contributed by atoms with Crippen LogP contribution in [0.3, 0.4) is 0 Å². The fraction of sp³-hybridized carbons (Fsp3) is 0.500. The van der Waals surface area contributed by atoms with Crippen LogP contribution in [0.2, 0.25) is 0 Å². The number of aliphatic carboxylic acids is 1. The maximum Gasteiger partial charge on any atom is 0.172 e. The van der Waals surface area contributed by atoms with Gasteiger partial charge in [0.1, 0.15) is 0 Å². The van der Waals surface area contributed by atoms with Crippen molar-refractivity contribution in [3.8, 4) is 0 Å². The van der Waals surface area contributed by atoms with E-state index < -0.39 is 12.1 Å². The third kappa shape index (κ3) is 1.66. The monoisotopic (exact) mass is 222 g/mol. The van der Waals surface area contributed by atoms with Gasteiger partial charge < -0.3 is 14.7 Å². The van der Waals surface area contributed by atoms with Crippen LogP contribution in [0.25, 0.3) is 0 Å². The van der Waals surface area contributed by atoms with E-state index in [-0.39, 0.29) is 6.42 Å². The quantitative estimate of drug-likeness (QED) is 0.687. The minimum absolute atomic E-state index is 0.235. The zero-order valence-corrected chi connectivity index (χ0v) is 9.14. The second-order valence-electron chi connectivity index (χ2n) is 3.61. The van der Waals surface area contributed by atoms with Crippen molar-refractivity contribution in [1.29, 1.82) is 0 Å². The Hall–Kier alpha value is -1.85. The largest absolute Gasteiger partial charge is 0.546 e. The molecule has 0 bridgehead atoms. The number of aryl methyl sites for hydroxylation is 1. The molecule has 2 heterocycles. The van der Waals surface area contributed by atoms with E-state index in [4.69, 9.17) is 4.84 Å². The van der Waals surface area contributed by atoms with Crippen LogP contribution in [0.1, 0.15) is 24.6 Å². The Morgan fingerprint density at radius 2 is 2.50 bits per heavy atom. The minimum Gasteiger partial charge on any atom is -0.546 e. The Labute approximate surface area is 92.5 Å². The summed E-state index contributed by atoms with van der Waals surface area (Å²) < 4.78 is 1.82. The molecule has 2 rings (SSSR count). The lowest BCUT2D eigenvalue weighted by Gasteiger charge is -2.07. The Morgan fingerprint density at radius 1 is 1.75 bits per heavy atom. The number of nitrogens with zero attached hydrogens (tertiary/aromatic N) is 3. The minimum atomic E-state index is -1.24. The molecule has 0 amide bonds. The van der Waals surface area contributed by atoms with Gasteiger partial charge in [0.2, 0.25) is 0 Å². The summed E-state index contributed by atoms with van der Waals surface area (Å²) >= 11 is 0. The normalized spacial score (nSPS) is 19.4. The van der Waals surface area contributed by atoms with Crippen molar-refractivity contribution in [2.75, 3.05) is 0 Å². The van der Waals surface area contributed by atoms with Crippen LogP contribution in [0, 0.1) is 6.92 Å². The third-order valence-corrected chi connectivity index (χ3v) is 2.65. The lowest BCUT2D eigenvalue weighted by atomic mass is 10.1. The summed E-state index contributed by atoms with van der Waals surface area (Å²) in [6.07, 6.45) is 0.941. The number of carbonyl (C=O) groups is 1. The highest BCUT2D eigenvalue weighted by molar-refractivity contribution is 6.03. The molecule has 0 fully saturated rings. The summed E-state index contributed by atoms with van der Waals surface area (Å²) in [5, 5.41) is 18.5. The lowest BCUT2D eigenvalue weighted by molar-refractivity contribution is -0.315. The van der Waals surface area contributed by atoms with Gasteiger partial charge in [0.15, 0.2) is 6.10 Å². The van der Waals surface area contributed by atoms with E-state index in [0.717, 1.165) is 17.8 Å². The Balaban J connectivity index is 2.20. The number of hydrogen-bond acceptors (Lipinski definition) is 5. The molecule has 1 atom stereocenters. The number of rotatable bonds is 3. The Morgan fingerprint density at radius 3 is 3.00 bits per heavy atom. The smallest absolute Gasteiger partial charge is 0.172 e. The van der Waals surface area contributed by atoms with Crippen LogP contribution in [-0.4, -0.2) is 27.6 Å². The summed E-state index contributed by atoms with van der Waals surface area (Å²) in [6.45, 7) is 4.67. The number of aromatic nitrogens is 2. The van der Waals surface area contributed by atoms with Crippen molar-refractivity contribution in [2.24, 2.45) is 5.16 Å². The van der Waals surface area contributed by atoms with E-state index in [2.05, 4.69) is 10.3 Å². The molecular weight excluding hydrogens is 210 g/mol. The number of carbonyl (C=O) groups excluding carboxylic acids is 1. The van der Waals surface area contributed by atoms with Crippen molar-refractivity contribution >= 4 is 11.7 Å². The molecule has 0 N–H and O–H groups in total. The van der Waals surface area contributed by atoms with Crippen LogP contribution < -0.4 is 5.11 Å². The van der Waals surface area contributed by atoms with Crippen LogP contribution in [0.15, 0.2) is 11.4 Å². The van der Waals surface area contributed by atoms with Gasteiger partial charge in [-0.05, 0) is 13.8 Å². The topological polar surface area (TPSA) is 79.5 Å². The van der Waals surface area contributed by atoms with Crippen molar-refractivity contribution in [2.45, 2.75) is 32.9 Å². The molecule has 86 valence electrons. The molecule has 1 aliphatic rings. The standard InChI is InChI=1S/C10H13N3O3/c1-3-13-6(2)7(5-11-13)8-4-9(10(14)15)16-12-8/h5,9H,3-4H2,1-2H3,(H,14,15)/p-1/t9-/m1/s1. The molecule has 0 radical (unpaired) electrons. The van der Waals surface area contributed by atoms with Crippen LogP contribution in [0.4, 0.5) is 0 Å². The second-order valence-corrected chi connectivity index (χ2v) is 3.61. The maximum absolute atomic E-state index is 10.6. The molecule has 6 heteroatoms. The van der Waals surface area contributed by atoms with Gasteiger partial charge in [-0.15, -0.1) is 0 Å². The second kappa shape index (κ2) is 3.96. The SMILES string of the molecule is CCn1ncc(C2=NO[C@@H](C(=O)[O-])C2)c1C.